The number of carbonyl (C=O) groups excluding carboxylic acids is 1. The van der Waals surface area contributed by atoms with Crippen LogP contribution in [-0.4, -0.2) is 30.9 Å². The number of aliphatic hydroxyl groups excluding tert-OH is 1. The number of ether oxygens (including phenoxy) is 1. The van der Waals surface area contributed by atoms with Crippen molar-refractivity contribution in [3.05, 3.63) is 29.8 Å². The molecular formula is C17H26N2O3. The van der Waals surface area contributed by atoms with Crippen LogP contribution in [0, 0.1) is 5.92 Å². The Hall–Kier alpha value is -1.75. The van der Waals surface area contributed by atoms with Gasteiger partial charge in [0, 0.05) is 12.6 Å². The van der Waals surface area contributed by atoms with E-state index < -0.39 is 0 Å². The monoisotopic (exact) mass is 306 g/mol. The molecule has 0 aliphatic heterocycles. The van der Waals surface area contributed by atoms with Gasteiger partial charge in [0.15, 0.2) is 0 Å². The lowest BCUT2D eigenvalue weighted by atomic mass is 10.0. The van der Waals surface area contributed by atoms with Gasteiger partial charge in [0.25, 0.3) is 0 Å². The van der Waals surface area contributed by atoms with E-state index in [2.05, 4.69) is 10.6 Å². The minimum absolute atomic E-state index is 0.0146. The molecule has 0 heterocycles. The third kappa shape index (κ3) is 4.63. The molecule has 3 N–H and O–H groups in total. The first-order valence-electron chi connectivity index (χ1n) is 7.99. The molecule has 122 valence electrons. The first-order chi connectivity index (χ1) is 10.7. The van der Waals surface area contributed by atoms with Gasteiger partial charge in [0.05, 0.1) is 13.2 Å². The maximum absolute atomic E-state index is 12.2. The Morgan fingerprint density at radius 3 is 2.50 bits per heavy atom. The number of rotatable bonds is 8. The van der Waals surface area contributed by atoms with Crippen molar-refractivity contribution in [1.82, 2.24) is 10.6 Å². The highest BCUT2D eigenvalue weighted by atomic mass is 16.5. The Labute approximate surface area is 132 Å². The van der Waals surface area contributed by atoms with Crippen LogP contribution in [0.15, 0.2) is 24.3 Å². The van der Waals surface area contributed by atoms with E-state index in [1.165, 1.54) is 0 Å². The Morgan fingerprint density at radius 2 is 2.00 bits per heavy atom. The molecule has 1 aliphatic rings. The summed E-state index contributed by atoms with van der Waals surface area (Å²) in [5, 5.41) is 15.0. The summed E-state index contributed by atoms with van der Waals surface area (Å²) in [5.74, 6) is 1.33. The van der Waals surface area contributed by atoms with E-state index in [9.17, 15) is 4.79 Å². The van der Waals surface area contributed by atoms with Crippen molar-refractivity contribution in [2.45, 2.75) is 44.7 Å². The number of carbonyl (C=O) groups is 1. The molecule has 0 saturated heterocycles. The molecule has 0 aromatic heterocycles. The minimum Gasteiger partial charge on any atom is -0.497 e. The molecule has 1 fully saturated rings. The van der Waals surface area contributed by atoms with Crippen molar-refractivity contribution in [2.24, 2.45) is 5.92 Å². The molecule has 2 unspecified atom stereocenters. The minimum atomic E-state index is -0.159. The second-order valence-electron chi connectivity index (χ2n) is 5.82. The van der Waals surface area contributed by atoms with E-state index in [0.29, 0.717) is 12.3 Å². The molecule has 1 saturated carbocycles. The summed E-state index contributed by atoms with van der Waals surface area (Å²) >= 11 is 0. The van der Waals surface area contributed by atoms with Crippen LogP contribution < -0.4 is 15.4 Å². The largest absolute Gasteiger partial charge is 0.497 e. The van der Waals surface area contributed by atoms with E-state index in [0.717, 1.165) is 30.6 Å². The van der Waals surface area contributed by atoms with Crippen LogP contribution in [-0.2, 0) is 0 Å². The molecule has 2 atom stereocenters. The first kappa shape index (κ1) is 16.6. The predicted octanol–water partition coefficient (Wildman–Crippen LogP) is 2.61. The van der Waals surface area contributed by atoms with Crippen LogP contribution in [0.4, 0.5) is 4.79 Å². The standard InChI is InChI=1S/C17H26N2O3/c1-3-14(10-11-20)18-17(21)19-16(12-4-5-12)13-6-8-15(22-2)9-7-13/h6-9,12,14,16,20H,3-5,10-11H2,1-2H3,(H2,18,19,21). The van der Waals surface area contributed by atoms with Crippen LogP contribution >= 0.6 is 0 Å². The molecule has 22 heavy (non-hydrogen) atoms. The highest BCUT2D eigenvalue weighted by Crippen LogP contribution is 2.41. The van der Waals surface area contributed by atoms with Gasteiger partial charge >= 0.3 is 6.03 Å². The fraction of sp³-hybridized carbons (Fsp3) is 0.588. The lowest BCUT2D eigenvalue weighted by Gasteiger charge is -2.22. The van der Waals surface area contributed by atoms with Gasteiger partial charge in [-0.05, 0) is 49.3 Å². The average Bonchev–Trinajstić information content (AvgIpc) is 3.37. The van der Waals surface area contributed by atoms with Crippen molar-refractivity contribution in [1.29, 1.82) is 0 Å². The Kier molecular flexibility index (Phi) is 6.07. The highest BCUT2D eigenvalue weighted by Gasteiger charge is 2.33. The van der Waals surface area contributed by atoms with E-state index in [-0.39, 0.29) is 24.7 Å². The fourth-order valence-corrected chi connectivity index (χ4v) is 2.62. The number of hydrogen-bond donors (Lipinski definition) is 3. The SMILES string of the molecule is CCC(CCO)NC(=O)NC(c1ccc(OC)cc1)C1CC1. The zero-order valence-electron chi connectivity index (χ0n) is 13.3. The summed E-state index contributed by atoms with van der Waals surface area (Å²) in [6.07, 6.45) is 3.68. The number of nitrogens with one attached hydrogen (secondary N) is 2. The van der Waals surface area contributed by atoms with Gasteiger partial charge in [0.2, 0.25) is 0 Å². The smallest absolute Gasteiger partial charge is 0.315 e. The third-order valence-electron chi connectivity index (χ3n) is 4.16. The van der Waals surface area contributed by atoms with Gasteiger partial charge in [-0.15, -0.1) is 0 Å². The van der Waals surface area contributed by atoms with E-state index in [1.54, 1.807) is 7.11 Å². The Morgan fingerprint density at radius 1 is 1.32 bits per heavy atom. The topological polar surface area (TPSA) is 70.6 Å². The summed E-state index contributed by atoms with van der Waals surface area (Å²) in [6, 6.07) is 7.75. The maximum atomic E-state index is 12.2. The van der Waals surface area contributed by atoms with Gasteiger partial charge in [-0.1, -0.05) is 19.1 Å². The van der Waals surface area contributed by atoms with E-state index in [1.807, 2.05) is 31.2 Å². The summed E-state index contributed by atoms with van der Waals surface area (Å²) in [6.45, 7) is 2.09. The molecule has 0 radical (unpaired) electrons. The summed E-state index contributed by atoms with van der Waals surface area (Å²) in [4.78, 5) is 12.2. The van der Waals surface area contributed by atoms with Crippen LogP contribution in [0.1, 0.15) is 44.2 Å². The van der Waals surface area contributed by atoms with Crippen LogP contribution in [0.2, 0.25) is 0 Å². The number of aliphatic hydroxyl groups is 1. The Balaban J connectivity index is 1.97. The molecule has 1 aliphatic carbocycles. The molecule has 1 aromatic carbocycles. The second kappa shape index (κ2) is 8.03. The zero-order chi connectivity index (χ0) is 15.9. The van der Waals surface area contributed by atoms with Crippen molar-refractivity contribution >= 4 is 6.03 Å². The van der Waals surface area contributed by atoms with Gasteiger partial charge < -0.3 is 20.5 Å². The lowest BCUT2D eigenvalue weighted by Crippen LogP contribution is -2.44. The number of methoxy groups -OCH3 is 1. The summed E-state index contributed by atoms with van der Waals surface area (Å²) in [5.41, 5.74) is 1.11. The van der Waals surface area contributed by atoms with Crippen molar-refractivity contribution in [3.8, 4) is 5.75 Å². The van der Waals surface area contributed by atoms with Gasteiger partial charge in [-0.3, -0.25) is 0 Å². The molecule has 2 rings (SSSR count). The van der Waals surface area contributed by atoms with Crippen molar-refractivity contribution in [3.63, 3.8) is 0 Å². The molecule has 5 heteroatoms. The fourth-order valence-electron chi connectivity index (χ4n) is 2.62. The normalized spacial score (nSPS) is 16.7. The highest BCUT2D eigenvalue weighted by molar-refractivity contribution is 5.74. The molecule has 0 bridgehead atoms. The van der Waals surface area contributed by atoms with E-state index >= 15 is 0 Å². The van der Waals surface area contributed by atoms with E-state index in [4.69, 9.17) is 9.84 Å². The molecular weight excluding hydrogens is 280 g/mol. The summed E-state index contributed by atoms with van der Waals surface area (Å²) in [7, 11) is 1.64. The quantitative estimate of drug-likeness (QED) is 0.691. The molecule has 0 spiro atoms. The van der Waals surface area contributed by atoms with Gasteiger partial charge in [-0.25, -0.2) is 4.79 Å². The zero-order valence-corrected chi connectivity index (χ0v) is 13.3. The van der Waals surface area contributed by atoms with Crippen LogP contribution in [0.25, 0.3) is 0 Å². The number of urea groups is 1. The second-order valence-corrected chi connectivity index (χ2v) is 5.82. The van der Waals surface area contributed by atoms with Crippen LogP contribution in [0.5, 0.6) is 5.75 Å². The Bertz CT molecular complexity index is 471. The predicted molar refractivity (Wildman–Crippen MR) is 85.9 cm³/mol. The van der Waals surface area contributed by atoms with Crippen molar-refractivity contribution < 1.29 is 14.6 Å². The molecule has 1 aromatic rings. The number of benzene rings is 1. The maximum Gasteiger partial charge on any atom is 0.315 e. The third-order valence-corrected chi connectivity index (χ3v) is 4.16. The van der Waals surface area contributed by atoms with Crippen molar-refractivity contribution in [2.75, 3.05) is 13.7 Å². The van der Waals surface area contributed by atoms with Gasteiger partial charge in [0.1, 0.15) is 5.75 Å². The van der Waals surface area contributed by atoms with Gasteiger partial charge in [-0.2, -0.15) is 0 Å². The number of amides is 2. The number of hydrogen-bond acceptors (Lipinski definition) is 3. The average molecular weight is 306 g/mol. The lowest BCUT2D eigenvalue weighted by molar-refractivity contribution is 0.223. The first-order valence-corrected chi connectivity index (χ1v) is 7.99. The summed E-state index contributed by atoms with van der Waals surface area (Å²) < 4.78 is 5.18. The van der Waals surface area contributed by atoms with Crippen LogP contribution in [0.3, 0.4) is 0 Å². The molecule has 2 amide bonds. The molecule has 5 nitrogen and oxygen atoms in total.